The Morgan fingerprint density at radius 1 is 1.33 bits per heavy atom. The molecule has 2 heteroatoms. The second-order valence-corrected chi connectivity index (χ2v) is 3.40. The molecule has 0 bridgehead atoms. The number of carbonyl (C=O) groups is 1. The maximum absolute atomic E-state index is 10.6. The Labute approximate surface area is 90.6 Å². The van der Waals surface area contributed by atoms with Crippen LogP contribution in [-0.2, 0) is 11.2 Å². The minimum absolute atomic E-state index is 0.102. The second-order valence-electron chi connectivity index (χ2n) is 3.40. The Morgan fingerprint density at radius 3 is 2.53 bits per heavy atom. The van der Waals surface area contributed by atoms with E-state index in [1.807, 2.05) is 30.3 Å². The number of ketones is 1. The summed E-state index contributed by atoms with van der Waals surface area (Å²) >= 11 is 0. The van der Waals surface area contributed by atoms with Crippen LogP contribution >= 0.6 is 0 Å². The van der Waals surface area contributed by atoms with E-state index in [9.17, 15) is 4.79 Å². The highest BCUT2D eigenvalue weighted by molar-refractivity contribution is 5.87. The van der Waals surface area contributed by atoms with Gasteiger partial charge in [-0.1, -0.05) is 18.2 Å². The van der Waals surface area contributed by atoms with Crippen LogP contribution in [-0.4, -0.2) is 12.9 Å². The van der Waals surface area contributed by atoms with Gasteiger partial charge < -0.3 is 4.74 Å². The Hall–Kier alpha value is -1.57. The molecule has 1 aromatic rings. The molecule has 2 nitrogen and oxygen atoms in total. The molecule has 0 N–H and O–H groups in total. The zero-order valence-electron chi connectivity index (χ0n) is 9.19. The van der Waals surface area contributed by atoms with Crippen LogP contribution in [0.3, 0.4) is 0 Å². The van der Waals surface area contributed by atoms with E-state index in [0.717, 1.165) is 18.6 Å². The van der Waals surface area contributed by atoms with Crippen LogP contribution in [0.25, 0.3) is 0 Å². The van der Waals surface area contributed by atoms with Crippen LogP contribution in [0.15, 0.2) is 36.4 Å². The fraction of sp³-hybridized carbons (Fsp3) is 0.308. The number of hydrogen-bond acceptors (Lipinski definition) is 2. The van der Waals surface area contributed by atoms with Crippen LogP contribution in [0.4, 0.5) is 0 Å². The third-order valence-corrected chi connectivity index (χ3v) is 2.11. The molecule has 1 aromatic carbocycles. The van der Waals surface area contributed by atoms with Crippen molar-refractivity contribution in [2.24, 2.45) is 0 Å². The van der Waals surface area contributed by atoms with Crippen molar-refractivity contribution in [1.29, 1.82) is 0 Å². The van der Waals surface area contributed by atoms with Gasteiger partial charge in [-0.3, -0.25) is 4.79 Å². The molecule has 15 heavy (non-hydrogen) atoms. The highest BCUT2D eigenvalue weighted by Crippen LogP contribution is 2.12. The zero-order valence-corrected chi connectivity index (χ0v) is 9.19. The summed E-state index contributed by atoms with van der Waals surface area (Å²) in [5, 5.41) is 0. The Kier molecular flexibility index (Phi) is 4.61. The Balaban J connectivity index is 2.41. The van der Waals surface area contributed by atoms with E-state index in [4.69, 9.17) is 4.74 Å². The quantitative estimate of drug-likeness (QED) is 0.689. The lowest BCUT2D eigenvalue weighted by molar-refractivity contribution is -0.112. The minimum Gasteiger partial charge on any atom is -0.497 e. The van der Waals surface area contributed by atoms with Gasteiger partial charge in [0.2, 0.25) is 0 Å². The van der Waals surface area contributed by atoms with Crippen molar-refractivity contribution in [3.05, 3.63) is 42.0 Å². The third-order valence-electron chi connectivity index (χ3n) is 2.11. The number of hydrogen-bond donors (Lipinski definition) is 0. The summed E-state index contributed by atoms with van der Waals surface area (Å²) in [6.45, 7) is 1.56. The average molecular weight is 204 g/mol. The first-order chi connectivity index (χ1) is 7.22. The third kappa shape index (κ3) is 4.45. The number of methoxy groups -OCH3 is 1. The lowest BCUT2D eigenvalue weighted by atomic mass is 10.1. The molecule has 1 rings (SSSR count). The molecule has 0 radical (unpaired) electrons. The molecule has 0 amide bonds. The number of aryl methyl sites for hydroxylation is 1. The summed E-state index contributed by atoms with van der Waals surface area (Å²) in [6.07, 6.45) is 5.37. The monoisotopic (exact) mass is 204 g/mol. The summed E-state index contributed by atoms with van der Waals surface area (Å²) < 4.78 is 5.07. The van der Waals surface area contributed by atoms with Gasteiger partial charge in [0.15, 0.2) is 5.78 Å². The first-order valence-corrected chi connectivity index (χ1v) is 5.02. The average Bonchev–Trinajstić information content (AvgIpc) is 2.25. The van der Waals surface area contributed by atoms with Gasteiger partial charge >= 0.3 is 0 Å². The fourth-order valence-electron chi connectivity index (χ4n) is 1.29. The van der Waals surface area contributed by atoms with Gasteiger partial charge in [0.1, 0.15) is 5.75 Å². The molecule has 0 unspecified atom stereocenters. The molecular formula is C13H16O2. The van der Waals surface area contributed by atoms with E-state index in [-0.39, 0.29) is 5.78 Å². The molecular weight excluding hydrogens is 188 g/mol. The normalized spacial score (nSPS) is 10.5. The first kappa shape index (κ1) is 11.5. The van der Waals surface area contributed by atoms with E-state index in [0.29, 0.717) is 0 Å². The van der Waals surface area contributed by atoms with Crippen molar-refractivity contribution in [3.8, 4) is 5.75 Å². The van der Waals surface area contributed by atoms with Crippen molar-refractivity contribution in [2.75, 3.05) is 7.11 Å². The fourth-order valence-corrected chi connectivity index (χ4v) is 1.29. The van der Waals surface area contributed by atoms with Crippen LogP contribution in [0.5, 0.6) is 5.75 Å². The van der Waals surface area contributed by atoms with Gasteiger partial charge in [0.05, 0.1) is 7.11 Å². The van der Waals surface area contributed by atoms with Crippen LogP contribution in [0.1, 0.15) is 18.9 Å². The van der Waals surface area contributed by atoms with Crippen LogP contribution in [0.2, 0.25) is 0 Å². The van der Waals surface area contributed by atoms with Crippen LogP contribution < -0.4 is 4.74 Å². The molecule has 0 atom stereocenters. The first-order valence-electron chi connectivity index (χ1n) is 5.02. The maximum atomic E-state index is 10.6. The second kappa shape index (κ2) is 6.02. The predicted molar refractivity (Wildman–Crippen MR) is 61.1 cm³/mol. The molecule has 0 aromatic heterocycles. The number of rotatable bonds is 5. The van der Waals surface area contributed by atoms with Crippen molar-refractivity contribution in [3.63, 3.8) is 0 Å². The van der Waals surface area contributed by atoms with E-state index in [2.05, 4.69) is 0 Å². The van der Waals surface area contributed by atoms with E-state index < -0.39 is 0 Å². The molecule has 0 aliphatic carbocycles. The number of allylic oxidation sites excluding steroid dienone is 2. The molecule has 0 aliphatic rings. The van der Waals surface area contributed by atoms with Gasteiger partial charge in [-0.25, -0.2) is 0 Å². The summed E-state index contributed by atoms with van der Waals surface area (Å²) in [7, 11) is 1.66. The SMILES string of the molecule is COc1ccc(CC/C=C/C(C)=O)cc1. The highest BCUT2D eigenvalue weighted by atomic mass is 16.5. The number of ether oxygens (including phenoxy) is 1. The molecule has 0 aliphatic heterocycles. The van der Waals surface area contributed by atoms with Gasteiger partial charge in [0.25, 0.3) is 0 Å². The molecule has 0 saturated heterocycles. The van der Waals surface area contributed by atoms with Crippen molar-refractivity contribution >= 4 is 5.78 Å². The maximum Gasteiger partial charge on any atom is 0.152 e. The van der Waals surface area contributed by atoms with Gasteiger partial charge in [-0.2, -0.15) is 0 Å². The Morgan fingerprint density at radius 2 is 2.00 bits per heavy atom. The van der Waals surface area contributed by atoms with Crippen LogP contribution in [0, 0.1) is 0 Å². The Bertz CT molecular complexity index is 336. The van der Waals surface area contributed by atoms with Crippen molar-refractivity contribution < 1.29 is 9.53 Å². The smallest absolute Gasteiger partial charge is 0.152 e. The molecule has 0 fully saturated rings. The van der Waals surface area contributed by atoms with E-state index in [1.54, 1.807) is 20.1 Å². The van der Waals surface area contributed by atoms with Gasteiger partial charge in [-0.15, -0.1) is 0 Å². The van der Waals surface area contributed by atoms with E-state index >= 15 is 0 Å². The van der Waals surface area contributed by atoms with Gasteiger partial charge in [-0.05, 0) is 43.5 Å². The standard InChI is InChI=1S/C13H16O2/c1-11(14)5-3-4-6-12-7-9-13(15-2)10-8-12/h3,5,7-10H,4,6H2,1-2H3/b5-3+. The largest absolute Gasteiger partial charge is 0.497 e. The summed E-state index contributed by atoms with van der Waals surface area (Å²) in [5.74, 6) is 0.975. The molecule has 0 heterocycles. The summed E-state index contributed by atoms with van der Waals surface area (Å²) in [4.78, 5) is 10.6. The zero-order chi connectivity index (χ0) is 11.1. The molecule has 80 valence electrons. The lowest BCUT2D eigenvalue weighted by Gasteiger charge is -2.01. The molecule has 0 spiro atoms. The summed E-state index contributed by atoms with van der Waals surface area (Å²) in [5.41, 5.74) is 1.25. The minimum atomic E-state index is 0.102. The van der Waals surface area contributed by atoms with Crippen molar-refractivity contribution in [2.45, 2.75) is 19.8 Å². The van der Waals surface area contributed by atoms with E-state index in [1.165, 1.54) is 5.56 Å². The molecule has 0 saturated carbocycles. The summed E-state index contributed by atoms with van der Waals surface area (Å²) in [6, 6.07) is 7.98. The topological polar surface area (TPSA) is 26.3 Å². The lowest BCUT2D eigenvalue weighted by Crippen LogP contribution is -1.86. The highest BCUT2D eigenvalue weighted by Gasteiger charge is 1.93. The number of carbonyl (C=O) groups excluding carboxylic acids is 1. The van der Waals surface area contributed by atoms with Gasteiger partial charge in [0, 0.05) is 0 Å². The van der Waals surface area contributed by atoms with Crippen molar-refractivity contribution in [1.82, 2.24) is 0 Å². The predicted octanol–water partition coefficient (Wildman–Crippen LogP) is 2.77. The number of benzene rings is 1.